The van der Waals surface area contributed by atoms with Gasteiger partial charge in [0.2, 0.25) is 11.8 Å². The van der Waals surface area contributed by atoms with E-state index in [4.69, 9.17) is 14.7 Å². The van der Waals surface area contributed by atoms with Crippen molar-refractivity contribution in [2.24, 2.45) is 11.8 Å². The van der Waals surface area contributed by atoms with Crippen molar-refractivity contribution in [2.75, 3.05) is 18.5 Å². The number of hydrogen-bond acceptors (Lipinski definition) is 11. The second kappa shape index (κ2) is 17.3. The minimum absolute atomic E-state index is 0.0329. The SMILES string of the molecule is C[C@H]1[C@H](C)C(N(C(=O)NCc2ccccc2)C2CCC(Nc3ccc(C#N)cn3)CC2)=CN[C@H]1OCCOc1cccc2c1C(=O)N(C1CCC(=O)NC1=O)C2=O. The van der Waals surface area contributed by atoms with E-state index in [0.29, 0.717) is 12.1 Å². The van der Waals surface area contributed by atoms with Crippen LogP contribution in [0, 0.1) is 23.2 Å². The van der Waals surface area contributed by atoms with Crippen LogP contribution in [0.3, 0.4) is 0 Å². The molecule has 1 saturated carbocycles. The predicted octanol–water partition coefficient (Wildman–Crippen LogP) is 4.43. The zero-order valence-corrected chi connectivity index (χ0v) is 31.9. The molecule has 0 bridgehead atoms. The number of nitrogens with zero attached hydrogens (tertiary/aromatic N) is 4. The van der Waals surface area contributed by atoms with Gasteiger partial charge in [-0.3, -0.25) is 34.3 Å². The molecule has 2 aromatic carbocycles. The Kier molecular flexibility index (Phi) is 11.8. The minimum atomic E-state index is -1.07. The number of benzene rings is 2. The number of carbonyl (C=O) groups is 5. The summed E-state index contributed by atoms with van der Waals surface area (Å²) in [5, 5.41) is 21.3. The van der Waals surface area contributed by atoms with E-state index in [1.807, 2.05) is 47.5 Å². The Morgan fingerprint density at radius 3 is 2.47 bits per heavy atom. The quantitative estimate of drug-likeness (QED) is 0.150. The largest absolute Gasteiger partial charge is 0.490 e. The van der Waals surface area contributed by atoms with Crippen molar-refractivity contribution in [2.45, 2.75) is 83.3 Å². The maximum Gasteiger partial charge on any atom is 0.322 e. The molecule has 1 aromatic heterocycles. The average Bonchev–Trinajstić information content (AvgIpc) is 3.48. The van der Waals surface area contributed by atoms with Gasteiger partial charge >= 0.3 is 6.03 Å². The van der Waals surface area contributed by atoms with E-state index in [1.165, 1.54) is 6.07 Å². The van der Waals surface area contributed by atoms with E-state index in [-0.39, 0.29) is 72.9 Å². The van der Waals surface area contributed by atoms with E-state index in [9.17, 15) is 24.0 Å². The summed E-state index contributed by atoms with van der Waals surface area (Å²) < 4.78 is 12.2. The van der Waals surface area contributed by atoms with E-state index in [2.05, 4.69) is 46.2 Å². The molecule has 3 aliphatic heterocycles. The number of piperidine rings is 1. The van der Waals surface area contributed by atoms with Gasteiger partial charge in [0.15, 0.2) is 0 Å². The van der Waals surface area contributed by atoms with Gasteiger partial charge < -0.3 is 25.4 Å². The predicted molar refractivity (Wildman–Crippen MR) is 207 cm³/mol. The monoisotopic (exact) mass is 774 g/mol. The summed E-state index contributed by atoms with van der Waals surface area (Å²) in [4.78, 5) is 72.1. The highest BCUT2D eigenvalue weighted by atomic mass is 16.5. The molecule has 15 heteroatoms. The van der Waals surface area contributed by atoms with Crippen LogP contribution < -0.4 is 26.0 Å². The van der Waals surface area contributed by atoms with Crippen molar-refractivity contribution >= 4 is 35.5 Å². The Balaban J connectivity index is 0.978. The Labute approximate surface area is 330 Å². The number of allylic oxidation sites excluding steroid dienone is 1. The van der Waals surface area contributed by atoms with Gasteiger partial charge in [0.1, 0.15) is 36.5 Å². The molecule has 4 N–H and O–H groups in total. The van der Waals surface area contributed by atoms with Gasteiger partial charge in [-0.2, -0.15) is 5.26 Å². The molecule has 15 nitrogen and oxygen atoms in total. The molecule has 1 saturated heterocycles. The van der Waals surface area contributed by atoms with Crippen LogP contribution in [0.5, 0.6) is 5.75 Å². The lowest BCUT2D eigenvalue weighted by Gasteiger charge is -2.44. The highest BCUT2D eigenvalue weighted by molar-refractivity contribution is 6.24. The van der Waals surface area contributed by atoms with Crippen molar-refractivity contribution in [1.29, 1.82) is 5.26 Å². The first-order valence-corrected chi connectivity index (χ1v) is 19.4. The van der Waals surface area contributed by atoms with Crippen LogP contribution in [0.2, 0.25) is 0 Å². The molecule has 7 rings (SSSR count). The summed E-state index contributed by atoms with van der Waals surface area (Å²) in [7, 11) is 0. The fourth-order valence-electron chi connectivity index (χ4n) is 7.99. The van der Waals surface area contributed by atoms with Crippen molar-refractivity contribution in [3.63, 3.8) is 0 Å². The molecule has 0 spiro atoms. The van der Waals surface area contributed by atoms with Gasteiger partial charge in [-0.25, -0.2) is 9.78 Å². The van der Waals surface area contributed by atoms with Crippen LogP contribution >= 0.6 is 0 Å². The van der Waals surface area contributed by atoms with Gasteiger partial charge in [0, 0.05) is 55.0 Å². The van der Waals surface area contributed by atoms with E-state index < -0.39 is 35.9 Å². The third-order valence-corrected chi connectivity index (χ3v) is 11.3. The fraction of sp³-hybridized carbons (Fsp3) is 0.405. The second-order valence-corrected chi connectivity index (χ2v) is 14.9. The van der Waals surface area contributed by atoms with Gasteiger partial charge in [-0.05, 0) is 61.9 Å². The van der Waals surface area contributed by atoms with Crippen LogP contribution in [-0.2, 0) is 20.9 Å². The Morgan fingerprint density at radius 1 is 0.965 bits per heavy atom. The number of nitriles is 1. The summed E-state index contributed by atoms with van der Waals surface area (Å²) in [5.74, 6) is -1.52. The Morgan fingerprint density at radius 2 is 1.75 bits per heavy atom. The molecule has 57 heavy (non-hydrogen) atoms. The Bertz CT molecular complexity index is 2080. The number of hydrogen-bond donors (Lipinski definition) is 4. The van der Waals surface area contributed by atoms with Crippen LogP contribution in [0.15, 0.2) is 78.8 Å². The number of carbonyl (C=O) groups excluding carboxylic acids is 5. The number of aromatic nitrogens is 1. The number of urea groups is 1. The third-order valence-electron chi connectivity index (χ3n) is 11.3. The van der Waals surface area contributed by atoms with Gasteiger partial charge in [-0.1, -0.05) is 50.2 Å². The number of ether oxygens (including phenoxy) is 2. The second-order valence-electron chi connectivity index (χ2n) is 14.9. The van der Waals surface area contributed by atoms with Crippen molar-refractivity contribution < 1.29 is 33.4 Å². The average molecular weight is 775 g/mol. The van der Waals surface area contributed by atoms with Crippen LogP contribution in [-0.4, -0.2) is 82.0 Å². The first kappa shape index (κ1) is 39.0. The topological polar surface area (TPSA) is 195 Å². The minimum Gasteiger partial charge on any atom is -0.490 e. The Hall–Kier alpha value is -6.27. The first-order valence-electron chi connectivity index (χ1n) is 19.4. The number of pyridine rings is 1. The maximum absolute atomic E-state index is 14.1. The highest BCUT2D eigenvalue weighted by Gasteiger charge is 2.46. The van der Waals surface area contributed by atoms with Crippen LogP contribution in [0.25, 0.3) is 0 Å². The lowest BCUT2D eigenvalue weighted by Crippen LogP contribution is -2.54. The molecular formula is C42H46N8O7. The number of fused-ring (bicyclic) bond motifs is 1. The van der Waals surface area contributed by atoms with Crippen LogP contribution in [0.4, 0.5) is 10.6 Å². The van der Waals surface area contributed by atoms with Gasteiger partial charge in [-0.15, -0.1) is 0 Å². The molecule has 0 radical (unpaired) electrons. The van der Waals surface area contributed by atoms with E-state index in [0.717, 1.165) is 47.7 Å². The number of anilines is 1. The zero-order chi connectivity index (χ0) is 40.1. The number of amides is 6. The molecule has 2 fully saturated rings. The summed E-state index contributed by atoms with van der Waals surface area (Å²) in [6.07, 6.45) is 6.38. The molecule has 4 heterocycles. The normalized spacial score (nSPS) is 24.4. The van der Waals surface area contributed by atoms with Crippen molar-refractivity contribution in [3.8, 4) is 11.8 Å². The van der Waals surface area contributed by atoms with Gasteiger partial charge in [0.25, 0.3) is 11.8 Å². The summed E-state index contributed by atoms with van der Waals surface area (Å²) in [6, 6.07) is 19.1. The number of imide groups is 2. The molecule has 4 aliphatic rings. The lowest BCUT2D eigenvalue weighted by molar-refractivity contribution is -0.136. The zero-order valence-electron chi connectivity index (χ0n) is 31.9. The van der Waals surface area contributed by atoms with Crippen molar-refractivity contribution in [3.05, 3.63) is 101 Å². The molecule has 1 unspecified atom stereocenters. The smallest absolute Gasteiger partial charge is 0.322 e. The molecule has 296 valence electrons. The molecular weight excluding hydrogens is 729 g/mol. The first-order chi connectivity index (χ1) is 27.6. The van der Waals surface area contributed by atoms with E-state index >= 15 is 0 Å². The maximum atomic E-state index is 14.1. The fourth-order valence-corrected chi connectivity index (χ4v) is 7.99. The summed E-state index contributed by atoms with van der Waals surface area (Å²) >= 11 is 0. The number of nitrogens with one attached hydrogen (secondary N) is 4. The third kappa shape index (κ3) is 8.46. The molecule has 1 aliphatic carbocycles. The number of rotatable bonds is 12. The standard InChI is InChI=1S/C42H46N8O7/c1-25-26(2)39(57-20-19-56-34-10-6-9-31-37(34)41(54)50(40(31)53)32-16-18-36(51)48-38(32)52)45-24-33(25)49(42(55)46-22-27-7-4-3-5-8-27)30-14-12-29(13-15-30)47-35-17-11-28(21-43)23-44-35/h3-11,17,23-26,29-30,32,39,45H,12-16,18-20,22H2,1-2H3,(H,44,47)(H,46,55)(H,48,51,52)/t25-,26-,29?,30?,32?,39-/m0/s1. The molecule has 6 amide bonds. The van der Waals surface area contributed by atoms with E-state index in [1.54, 1.807) is 24.4 Å². The van der Waals surface area contributed by atoms with Crippen LogP contribution in [0.1, 0.15) is 84.2 Å². The lowest BCUT2D eigenvalue weighted by atomic mass is 9.85. The molecule has 3 aromatic rings. The van der Waals surface area contributed by atoms with Gasteiger partial charge in [0.05, 0.1) is 23.3 Å². The molecule has 4 atom stereocenters. The highest BCUT2D eigenvalue weighted by Crippen LogP contribution is 2.36. The summed E-state index contributed by atoms with van der Waals surface area (Å²) in [6.45, 7) is 4.80. The summed E-state index contributed by atoms with van der Waals surface area (Å²) in [5.41, 5.74) is 2.61. The van der Waals surface area contributed by atoms with Crippen molar-refractivity contribution in [1.82, 2.24) is 30.7 Å².